The predicted molar refractivity (Wildman–Crippen MR) is 99.3 cm³/mol. The number of carbonyl (C=O) groups excluding carboxylic acids is 2. The Bertz CT molecular complexity index is 715. The number of para-hydroxylation sites is 1. The van der Waals surface area contributed by atoms with Crippen molar-refractivity contribution in [1.82, 2.24) is 5.32 Å². The molecule has 4 heteroatoms. The summed E-state index contributed by atoms with van der Waals surface area (Å²) in [5.74, 6) is 0.183. The van der Waals surface area contributed by atoms with Crippen molar-refractivity contribution >= 4 is 18.0 Å². The Hall–Kier alpha value is -2.62. The van der Waals surface area contributed by atoms with E-state index in [4.69, 9.17) is 0 Å². The molecule has 1 N–H and O–H groups in total. The number of rotatable bonds is 8. The van der Waals surface area contributed by atoms with E-state index in [2.05, 4.69) is 23.5 Å². The summed E-state index contributed by atoms with van der Waals surface area (Å²) < 4.78 is 0. The lowest BCUT2D eigenvalue weighted by Crippen LogP contribution is -2.32. The van der Waals surface area contributed by atoms with Crippen molar-refractivity contribution < 1.29 is 9.59 Å². The summed E-state index contributed by atoms with van der Waals surface area (Å²) in [5, 5.41) is 2.66. The van der Waals surface area contributed by atoms with E-state index in [1.807, 2.05) is 41.3 Å². The first-order chi connectivity index (χ1) is 12.3. The van der Waals surface area contributed by atoms with Gasteiger partial charge in [-0.15, -0.1) is 0 Å². The van der Waals surface area contributed by atoms with Gasteiger partial charge in [-0.25, -0.2) is 0 Å². The van der Waals surface area contributed by atoms with Crippen LogP contribution in [0.2, 0.25) is 0 Å². The number of unbranched alkanes of at least 4 members (excludes halogenated alkanes) is 2. The zero-order valence-electron chi connectivity index (χ0n) is 14.4. The smallest absolute Gasteiger partial charge is 0.227 e. The minimum absolute atomic E-state index is 0.0860. The van der Waals surface area contributed by atoms with Gasteiger partial charge < -0.3 is 10.2 Å². The molecule has 2 aromatic rings. The van der Waals surface area contributed by atoms with E-state index in [0.29, 0.717) is 13.0 Å². The highest BCUT2D eigenvalue weighted by Crippen LogP contribution is 2.40. The van der Waals surface area contributed by atoms with Gasteiger partial charge in [-0.05, 0) is 36.5 Å². The molecule has 1 atom stereocenters. The van der Waals surface area contributed by atoms with E-state index in [-0.39, 0.29) is 11.9 Å². The van der Waals surface area contributed by atoms with Crippen molar-refractivity contribution in [2.45, 2.75) is 38.1 Å². The molecule has 0 radical (unpaired) electrons. The lowest BCUT2D eigenvalue weighted by Gasteiger charge is -2.26. The summed E-state index contributed by atoms with van der Waals surface area (Å²) in [5.41, 5.74) is 3.46. The monoisotopic (exact) mass is 336 g/mol. The largest absolute Gasteiger partial charge is 0.359 e. The van der Waals surface area contributed by atoms with Gasteiger partial charge >= 0.3 is 0 Å². The molecule has 1 aliphatic heterocycles. The Labute approximate surface area is 148 Å². The van der Waals surface area contributed by atoms with Crippen LogP contribution in [-0.2, 0) is 16.0 Å². The summed E-state index contributed by atoms with van der Waals surface area (Å²) in [6, 6.07) is 18.5. The molecule has 1 heterocycles. The Kier molecular flexibility index (Phi) is 5.83. The highest BCUT2D eigenvalue weighted by molar-refractivity contribution is 5.96. The molecular weight excluding hydrogens is 312 g/mol. The number of fused-ring (bicyclic) bond motifs is 1. The fourth-order valence-electron chi connectivity index (χ4n) is 3.50. The van der Waals surface area contributed by atoms with Crippen molar-refractivity contribution in [2.75, 3.05) is 11.4 Å². The van der Waals surface area contributed by atoms with Crippen LogP contribution in [0.1, 0.15) is 42.9 Å². The molecule has 2 amide bonds. The average Bonchev–Trinajstić information content (AvgIpc) is 3.05. The average molecular weight is 336 g/mol. The summed E-state index contributed by atoms with van der Waals surface area (Å²) >= 11 is 0. The van der Waals surface area contributed by atoms with Crippen LogP contribution in [0.5, 0.6) is 0 Å². The van der Waals surface area contributed by atoms with Crippen LogP contribution in [0.25, 0.3) is 0 Å². The fraction of sp³-hybridized carbons (Fsp3) is 0.333. The Balaban J connectivity index is 1.69. The molecule has 3 rings (SSSR count). The fourth-order valence-corrected chi connectivity index (χ4v) is 3.50. The molecule has 1 unspecified atom stereocenters. The second-order valence-electron chi connectivity index (χ2n) is 6.41. The van der Waals surface area contributed by atoms with E-state index < -0.39 is 0 Å². The molecule has 0 saturated carbocycles. The summed E-state index contributed by atoms with van der Waals surface area (Å²) in [4.78, 5) is 25.2. The topological polar surface area (TPSA) is 49.4 Å². The molecular formula is C21H24N2O2. The third kappa shape index (κ3) is 4.08. The normalized spacial score (nSPS) is 15.7. The quantitative estimate of drug-likeness (QED) is 0.591. The molecule has 0 saturated heterocycles. The molecule has 0 aromatic heterocycles. The first kappa shape index (κ1) is 17.2. The molecule has 0 aliphatic carbocycles. The van der Waals surface area contributed by atoms with Crippen molar-refractivity contribution in [3.63, 3.8) is 0 Å². The van der Waals surface area contributed by atoms with Crippen LogP contribution in [0.4, 0.5) is 5.69 Å². The second kappa shape index (κ2) is 8.47. The highest BCUT2D eigenvalue weighted by Gasteiger charge is 2.33. The maximum Gasteiger partial charge on any atom is 0.227 e. The molecule has 4 nitrogen and oxygen atoms in total. The molecule has 2 aromatic carbocycles. The van der Waals surface area contributed by atoms with Crippen molar-refractivity contribution in [1.29, 1.82) is 0 Å². The third-order valence-corrected chi connectivity index (χ3v) is 4.72. The number of benzene rings is 2. The van der Waals surface area contributed by atoms with Crippen LogP contribution in [0.3, 0.4) is 0 Å². The molecule has 1 aliphatic rings. The van der Waals surface area contributed by atoms with Gasteiger partial charge in [-0.1, -0.05) is 55.0 Å². The van der Waals surface area contributed by atoms with Gasteiger partial charge in [0, 0.05) is 18.7 Å². The van der Waals surface area contributed by atoms with Crippen LogP contribution >= 0.6 is 0 Å². The summed E-state index contributed by atoms with van der Waals surface area (Å²) in [6.45, 7) is 0.677. The highest BCUT2D eigenvalue weighted by atomic mass is 16.2. The van der Waals surface area contributed by atoms with Gasteiger partial charge in [0.2, 0.25) is 12.3 Å². The third-order valence-electron chi connectivity index (χ3n) is 4.72. The van der Waals surface area contributed by atoms with Gasteiger partial charge in [0.25, 0.3) is 0 Å². The predicted octanol–water partition coefficient (Wildman–Crippen LogP) is 3.62. The zero-order valence-corrected chi connectivity index (χ0v) is 14.4. The number of amides is 2. The van der Waals surface area contributed by atoms with Crippen LogP contribution < -0.4 is 10.2 Å². The van der Waals surface area contributed by atoms with E-state index in [0.717, 1.165) is 37.8 Å². The minimum atomic E-state index is 0.0860. The van der Waals surface area contributed by atoms with E-state index in [9.17, 15) is 9.59 Å². The Morgan fingerprint density at radius 3 is 2.60 bits per heavy atom. The van der Waals surface area contributed by atoms with Gasteiger partial charge in [-0.2, -0.15) is 0 Å². The van der Waals surface area contributed by atoms with Gasteiger partial charge in [0.15, 0.2) is 0 Å². The number of hydrogen-bond donors (Lipinski definition) is 1. The van der Waals surface area contributed by atoms with Crippen molar-refractivity contribution in [3.8, 4) is 0 Å². The van der Waals surface area contributed by atoms with Crippen molar-refractivity contribution in [2.24, 2.45) is 0 Å². The minimum Gasteiger partial charge on any atom is -0.359 e. The van der Waals surface area contributed by atoms with Gasteiger partial charge in [0.1, 0.15) is 0 Å². The maximum atomic E-state index is 12.9. The summed E-state index contributed by atoms with van der Waals surface area (Å²) in [6.07, 6.45) is 4.83. The summed E-state index contributed by atoms with van der Waals surface area (Å²) in [7, 11) is 0. The zero-order chi connectivity index (χ0) is 17.5. The maximum absolute atomic E-state index is 12.9. The molecule has 0 fully saturated rings. The first-order valence-corrected chi connectivity index (χ1v) is 8.93. The standard InChI is InChI=1S/C21H24N2O2/c24-16-22-14-8-2-5-13-21(25)23-19-12-7-6-11-18(19)15-20(23)17-9-3-1-4-10-17/h1,3-4,6-7,9-12,16,20H,2,5,8,13-15H2,(H,22,24). The van der Waals surface area contributed by atoms with E-state index in [1.54, 1.807) is 0 Å². The molecule has 0 spiro atoms. The van der Waals surface area contributed by atoms with E-state index in [1.165, 1.54) is 11.1 Å². The Morgan fingerprint density at radius 1 is 1.04 bits per heavy atom. The van der Waals surface area contributed by atoms with Gasteiger partial charge in [-0.3, -0.25) is 9.59 Å². The molecule has 130 valence electrons. The number of hydrogen-bond acceptors (Lipinski definition) is 2. The lowest BCUT2D eigenvalue weighted by atomic mass is 10.0. The molecule has 0 bridgehead atoms. The lowest BCUT2D eigenvalue weighted by molar-refractivity contribution is -0.119. The van der Waals surface area contributed by atoms with E-state index >= 15 is 0 Å². The van der Waals surface area contributed by atoms with Crippen molar-refractivity contribution in [3.05, 3.63) is 65.7 Å². The number of carbonyl (C=O) groups is 2. The Morgan fingerprint density at radius 2 is 1.80 bits per heavy atom. The second-order valence-corrected chi connectivity index (χ2v) is 6.41. The molecule has 25 heavy (non-hydrogen) atoms. The number of nitrogens with one attached hydrogen (secondary N) is 1. The van der Waals surface area contributed by atoms with Gasteiger partial charge in [0.05, 0.1) is 6.04 Å². The van der Waals surface area contributed by atoms with Crippen LogP contribution in [0, 0.1) is 0 Å². The SMILES string of the molecule is O=CNCCCCCC(=O)N1c2ccccc2CC1c1ccccc1. The number of anilines is 1. The first-order valence-electron chi connectivity index (χ1n) is 8.93. The van der Waals surface area contributed by atoms with Crippen LogP contribution in [0.15, 0.2) is 54.6 Å². The van der Waals surface area contributed by atoms with Crippen LogP contribution in [-0.4, -0.2) is 18.9 Å². The number of nitrogens with zero attached hydrogens (tertiary/aromatic N) is 1.